The van der Waals surface area contributed by atoms with Crippen molar-refractivity contribution < 1.29 is 9.59 Å². The number of para-hydroxylation sites is 1. The average molecular weight is 515 g/mol. The lowest BCUT2D eigenvalue weighted by Gasteiger charge is -2.36. The minimum atomic E-state index is -0.697. The van der Waals surface area contributed by atoms with E-state index in [0.717, 1.165) is 39.7 Å². The first kappa shape index (κ1) is 24.6. The van der Waals surface area contributed by atoms with E-state index >= 15 is 0 Å². The van der Waals surface area contributed by atoms with Crippen molar-refractivity contribution in [2.24, 2.45) is 5.92 Å². The van der Waals surface area contributed by atoms with Crippen molar-refractivity contribution in [1.29, 1.82) is 0 Å². The SMILES string of the molecule is CCC(C)C(C(=O)Nc1cccnc1)N1C(=O)c2ccccc2C1c1c(-c2ccccc2)[nH]c2ccccc12. The molecule has 3 heterocycles. The van der Waals surface area contributed by atoms with Crippen LogP contribution in [0.1, 0.15) is 47.8 Å². The fourth-order valence-corrected chi connectivity index (χ4v) is 5.73. The highest BCUT2D eigenvalue weighted by molar-refractivity contribution is 6.06. The molecule has 2 aromatic heterocycles. The Labute approximate surface area is 227 Å². The Balaban J connectivity index is 1.57. The van der Waals surface area contributed by atoms with Crippen LogP contribution in [-0.2, 0) is 4.79 Å². The van der Waals surface area contributed by atoms with Gasteiger partial charge < -0.3 is 15.2 Å². The minimum absolute atomic E-state index is 0.0900. The maximum absolute atomic E-state index is 14.2. The summed E-state index contributed by atoms with van der Waals surface area (Å²) >= 11 is 0. The largest absolute Gasteiger partial charge is 0.354 e. The number of carbonyl (C=O) groups is 2. The number of H-pyrrole nitrogens is 1. The molecule has 3 unspecified atom stereocenters. The van der Waals surface area contributed by atoms with Crippen molar-refractivity contribution in [3.05, 3.63) is 120 Å². The summed E-state index contributed by atoms with van der Waals surface area (Å²) in [5.41, 5.74) is 6.11. The number of pyridine rings is 1. The third-order valence-electron chi connectivity index (χ3n) is 7.76. The molecule has 0 saturated carbocycles. The molecule has 0 aliphatic carbocycles. The van der Waals surface area contributed by atoms with Crippen LogP contribution in [-0.4, -0.2) is 32.7 Å². The summed E-state index contributed by atoms with van der Waals surface area (Å²) in [6.45, 7) is 4.09. The van der Waals surface area contributed by atoms with Gasteiger partial charge in [-0.25, -0.2) is 0 Å². The topological polar surface area (TPSA) is 78.1 Å². The summed E-state index contributed by atoms with van der Waals surface area (Å²) in [6, 6.07) is 28.5. The maximum atomic E-state index is 14.2. The number of aromatic nitrogens is 2. The quantitative estimate of drug-likeness (QED) is 0.250. The van der Waals surface area contributed by atoms with Gasteiger partial charge >= 0.3 is 0 Å². The van der Waals surface area contributed by atoms with E-state index in [-0.39, 0.29) is 17.7 Å². The van der Waals surface area contributed by atoms with Gasteiger partial charge in [0, 0.05) is 28.2 Å². The molecule has 0 spiro atoms. The van der Waals surface area contributed by atoms with E-state index in [4.69, 9.17) is 0 Å². The number of amides is 2. The molecule has 1 aliphatic heterocycles. The van der Waals surface area contributed by atoms with E-state index in [2.05, 4.69) is 46.5 Å². The van der Waals surface area contributed by atoms with E-state index in [0.29, 0.717) is 11.3 Å². The first-order valence-electron chi connectivity index (χ1n) is 13.4. The molecular formula is C33H30N4O2. The Bertz CT molecular complexity index is 1640. The van der Waals surface area contributed by atoms with Crippen molar-refractivity contribution in [3.8, 4) is 11.3 Å². The predicted octanol–water partition coefficient (Wildman–Crippen LogP) is 6.83. The number of nitrogens with zero attached hydrogens (tertiary/aromatic N) is 2. The molecule has 6 nitrogen and oxygen atoms in total. The standard InChI is InChI=1S/C33H30N4O2/c1-3-21(2)30(32(38)35-23-14-11-19-34-20-23)37-31(24-15-7-8-16-25(24)33(37)39)28-26-17-9-10-18-27(26)36-29(28)22-12-5-4-6-13-22/h4-21,30-31,36H,3H2,1-2H3,(H,35,38). The number of fused-ring (bicyclic) bond motifs is 2. The van der Waals surface area contributed by atoms with Crippen LogP contribution in [0.4, 0.5) is 5.69 Å². The number of carbonyl (C=O) groups excluding carboxylic acids is 2. The number of benzene rings is 3. The van der Waals surface area contributed by atoms with Gasteiger partial charge in [0.05, 0.1) is 23.6 Å². The number of rotatable bonds is 7. The Kier molecular flexibility index (Phi) is 6.45. The van der Waals surface area contributed by atoms with Gasteiger partial charge in [0.15, 0.2) is 0 Å². The Morgan fingerprint density at radius 2 is 1.72 bits per heavy atom. The van der Waals surface area contributed by atoms with Crippen molar-refractivity contribution in [3.63, 3.8) is 0 Å². The van der Waals surface area contributed by atoms with Crippen LogP contribution in [0.2, 0.25) is 0 Å². The number of anilines is 1. The van der Waals surface area contributed by atoms with E-state index in [9.17, 15) is 9.59 Å². The average Bonchev–Trinajstić information content (AvgIpc) is 3.49. The van der Waals surface area contributed by atoms with Crippen LogP contribution >= 0.6 is 0 Å². The zero-order chi connectivity index (χ0) is 26.9. The molecule has 2 amide bonds. The highest BCUT2D eigenvalue weighted by atomic mass is 16.2. The van der Waals surface area contributed by atoms with Crippen molar-refractivity contribution >= 4 is 28.4 Å². The summed E-state index contributed by atoms with van der Waals surface area (Å²) in [7, 11) is 0. The predicted molar refractivity (Wildman–Crippen MR) is 154 cm³/mol. The molecular weight excluding hydrogens is 484 g/mol. The number of aromatic amines is 1. The minimum Gasteiger partial charge on any atom is -0.354 e. The van der Waals surface area contributed by atoms with Gasteiger partial charge in [0.2, 0.25) is 5.91 Å². The molecule has 3 atom stereocenters. The van der Waals surface area contributed by atoms with Crippen LogP contribution in [0, 0.1) is 5.92 Å². The first-order valence-corrected chi connectivity index (χ1v) is 13.4. The van der Waals surface area contributed by atoms with Gasteiger partial charge in [-0.05, 0) is 41.3 Å². The monoisotopic (exact) mass is 514 g/mol. The zero-order valence-electron chi connectivity index (χ0n) is 22.0. The molecule has 6 heteroatoms. The molecule has 6 rings (SSSR count). The highest BCUT2D eigenvalue weighted by Gasteiger charge is 2.47. The third-order valence-corrected chi connectivity index (χ3v) is 7.76. The second kappa shape index (κ2) is 10.2. The Morgan fingerprint density at radius 3 is 2.49 bits per heavy atom. The molecule has 0 fully saturated rings. The summed E-state index contributed by atoms with van der Waals surface area (Å²) in [4.78, 5) is 37.8. The number of hydrogen-bond acceptors (Lipinski definition) is 3. The molecule has 39 heavy (non-hydrogen) atoms. The van der Waals surface area contributed by atoms with Gasteiger partial charge in [0.1, 0.15) is 6.04 Å². The van der Waals surface area contributed by atoms with E-state index in [1.165, 1.54) is 0 Å². The summed E-state index contributed by atoms with van der Waals surface area (Å²) in [6.07, 6.45) is 4.02. The van der Waals surface area contributed by atoms with Crippen molar-refractivity contribution in [2.75, 3.05) is 5.32 Å². The van der Waals surface area contributed by atoms with Crippen LogP contribution < -0.4 is 5.32 Å². The van der Waals surface area contributed by atoms with E-state index in [1.807, 2.05) is 72.5 Å². The Morgan fingerprint density at radius 1 is 0.974 bits per heavy atom. The lowest BCUT2D eigenvalue weighted by Crippen LogP contribution is -2.50. The van der Waals surface area contributed by atoms with Crippen molar-refractivity contribution in [2.45, 2.75) is 32.4 Å². The van der Waals surface area contributed by atoms with Crippen molar-refractivity contribution in [1.82, 2.24) is 14.9 Å². The van der Waals surface area contributed by atoms with Crippen LogP contribution in [0.5, 0.6) is 0 Å². The smallest absolute Gasteiger partial charge is 0.255 e. The molecule has 0 bridgehead atoms. The van der Waals surface area contributed by atoms with Gasteiger partial charge in [-0.2, -0.15) is 0 Å². The summed E-state index contributed by atoms with van der Waals surface area (Å²) in [5.74, 6) is -0.441. The van der Waals surface area contributed by atoms with Gasteiger partial charge in [-0.3, -0.25) is 14.6 Å². The summed E-state index contributed by atoms with van der Waals surface area (Å²) < 4.78 is 0. The van der Waals surface area contributed by atoms with Gasteiger partial charge in [0.25, 0.3) is 5.91 Å². The second-order valence-electron chi connectivity index (χ2n) is 10.1. The normalized spacial score (nSPS) is 16.2. The molecule has 1 aliphatic rings. The highest BCUT2D eigenvalue weighted by Crippen LogP contribution is 2.47. The molecule has 5 aromatic rings. The Hall–Kier alpha value is -4.71. The number of hydrogen-bond donors (Lipinski definition) is 2. The van der Waals surface area contributed by atoms with Crippen LogP contribution in [0.15, 0.2) is 103 Å². The van der Waals surface area contributed by atoms with E-state index in [1.54, 1.807) is 18.5 Å². The number of nitrogens with one attached hydrogen (secondary N) is 2. The fraction of sp³-hybridized carbons (Fsp3) is 0.182. The maximum Gasteiger partial charge on any atom is 0.255 e. The lowest BCUT2D eigenvalue weighted by atomic mass is 9.90. The van der Waals surface area contributed by atoms with Crippen LogP contribution in [0.3, 0.4) is 0 Å². The third kappa shape index (κ3) is 4.28. The molecule has 3 aromatic carbocycles. The first-order chi connectivity index (χ1) is 19.1. The molecule has 194 valence electrons. The van der Waals surface area contributed by atoms with Gasteiger partial charge in [-0.1, -0.05) is 87.0 Å². The molecule has 0 radical (unpaired) electrons. The molecule has 0 saturated heterocycles. The van der Waals surface area contributed by atoms with E-state index < -0.39 is 12.1 Å². The fourth-order valence-electron chi connectivity index (χ4n) is 5.73. The molecule has 2 N–H and O–H groups in total. The van der Waals surface area contributed by atoms with Crippen LogP contribution in [0.25, 0.3) is 22.2 Å². The lowest BCUT2D eigenvalue weighted by molar-refractivity contribution is -0.122. The second-order valence-corrected chi connectivity index (χ2v) is 10.1. The zero-order valence-corrected chi connectivity index (χ0v) is 22.0. The summed E-state index contributed by atoms with van der Waals surface area (Å²) in [5, 5.41) is 4.06. The van der Waals surface area contributed by atoms with Gasteiger partial charge in [-0.15, -0.1) is 0 Å².